The third kappa shape index (κ3) is 6.10. The van der Waals surface area contributed by atoms with Crippen molar-refractivity contribution in [1.29, 1.82) is 0 Å². The fraction of sp³-hybridized carbons (Fsp3) is 0.750. The van der Waals surface area contributed by atoms with Crippen LogP contribution in [0.5, 0.6) is 0 Å². The first-order valence-corrected chi connectivity index (χ1v) is 4.19. The molecular weight excluding hydrogens is 172 g/mol. The van der Waals surface area contributed by atoms with Crippen molar-refractivity contribution in [3.8, 4) is 0 Å². The van der Waals surface area contributed by atoms with E-state index >= 15 is 0 Å². The van der Waals surface area contributed by atoms with Gasteiger partial charge in [0.25, 0.3) is 0 Å². The lowest BCUT2D eigenvalue weighted by Gasteiger charge is -2.11. The Kier molecular flexibility index (Phi) is 5.06. The van der Waals surface area contributed by atoms with Crippen molar-refractivity contribution in [2.24, 2.45) is 0 Å². The van der Waals surface area contributed by atoms with Gasteiger partial charge in [0.15, 0.2) is 0 Å². The molecule has 13 heavy (non-hydrogen) atoms. The van der Waals surface area contributed by atoms with Crippen molar-refractivity contribution < 1.29 is 14.7 Å². The molecule has 76 valence electrons. The molecule has 0 aliphatic carbocycles. The molecule has 5 heteroatoms. The molecule has 0 fully saturated rings. The topological polar surface area (TPSA) is 78.4 Å². The summed E-state index contributed by atoms with van der Waals surface area (Å²) in [6.45, 7) is 5.40. The van der Waals surface area contributed by atoms with Crippen LogP contribution >= 0.6 is 0 Å². The number of carboxylic acids is 1. The average molecular weight is 188 g/mol. The largest absolute Gasteiger partial charge is 0.480 e. The summed E-state index contributed by atoms with van der Waals surface area (Å²) in [5.41, 5.74) is 0. The first-order chi connectivity index (χ1) is 5.93. The maximum Gasteiger partial charge on any atom is 0.325 e. The van der Waals surface area contributed by atoms with Crippen LogP contribution in [-0.4, -0.2) is 35.6 Å². The van der Waals surface area contributed by atoms with Crippen LogP contribution in [0.1, 0.15) is 20.8 Å². The fourth-order valence-corrected chi connectivity index (χ4v) is 0.651. The second-order valence-electron chi connectivity index (χ2n) is 3.16. The predicted octanol–water partition coefficient (Wildman–Crippen LogP) is -0.426. The smallest absolute Gasteiger partial charge is 0.325 e. The Hall–Kier alpha value is -1.10. The zero-order valence-electron chi connectivity index (χ0n) is 8.13. The standard InChI is InChI=1S/C8H16N2O3/c1-5(2)9-4-7(11)10-6(3)8(12)13/h5-6,9H,4H2,1-3H3,(H,10,11)(H,12,13)/t6-/m0/s1. The molecule has 5 nitrogen and oxygen atoms in total. The van der Waals surface area contributed by atoms with Gasteiger partial charge in [0, 0.05) is 6.04 Å². The molecule has 0 aliphatic heterocycles. The highest BCUT2D eigenvalue weighted by Gasteiger charge is 2.13. The summed E-state index contributed by atoms with van der Waals surface area (Å²) in [6, 6.07) is -0.618. The third-order valence-corrected chi connectivity index (χ3v) is 1.42. The minimum absolute atomic E-state index is 0.148. The zero-order valence-corrected chi connectivity index (χ0v) is 8.13. The van der Waals surface area contributed by atoms with Gasteiger partial charge in [-0.1, -0.05) is 13.8 Å². The second kappa shape index (κ2) is 5.53. The highest BCUT2D eigenvalue weighted by molar-refractivity contribution is 5.84. The number of hydrogen-bond donors (Lipinski definition) is 3. The van der Waals surface area contributed by atoms with Gasteiger partial charge in [-0.2, -0.15) is 0 Å². The molecule has 1 atom stereocenters. The van der Waals surface area contributed by atoms with Crippen molar-refractivity contribution in [2.45, 2.75) is 32.9 Å². The maximum absolute atomic E-state index is 11.0. The van der Waals surface area contributed by atoms with Gasteiger partial charge < -0.3 is 15.7 Å². The van der Waals surface area contributed by atoms with E-state index in [0.717, 1.165) is 0 Å². The monoisotopic (exact) mass is 188 g/mol. The minimum atomic E-state index is -1.03. The molecule has 0 radical (unpaired) electrons. The lowest BCUT2D eigenvalue weighted by molar-refractivity contribution is -0.141. The molecule has 0 unspecified atom stereocenters. The summed E-state index contributed by atoms with van der Waals surface area (Å²) < 4.78 is 0. The van der Waals surface area contributed by atoms with Gasteiger partial charge >= 0.3 is 5.97 Å². The molecule has 0 saturated heterocycles. The molecule has 0 heterocycles. The third-order valence-electron chi connectivity index (χ3n) is 1.42. The number of hydrogen-bond acceptors (Lipinski definition) is 3. The Morgan fingerprint density at radius 3 is 2.23 bits per heavy atom. The molecular formula is C8H16N2O3. The second-order valence-corrected chi connectivity index (χ2v) is 3.16. The summed E-state index contributed by atoms with van der Waals surface area (Å²) in [5.74, 6) is -1.33. The number of rotatable bonds is 5. The number of carbonyl (C=O) groups excluding carboxylic acids is 1. The number of amides is 1. The Labute approximate surface area is 77.5 Å². The van der Waals surface area contributed by atoms with Crippen molar-refractivity contribution in [2.75, 3.05) is 6.54 Å². The van der Waals surface area contributed by atoms with Crippen molar-refractivity contribution >= 4 is 11.9 Å². The van der Waals surface area contributed by atoms with Crippen LogP contribution in [0.2, 0.25) is 0 Å². The first kappa shape index (κ1) is 11.9. The van der Waals surface area contributed by atoms with Gasteiger partial charge in [-0.05, 0) is 6.92 Å². The van der Waals surface area contributed by atoms with E-state index < -0.39 is 12.0 Å². The molecule has 0 saturated carbocycles. The summed E-state index contributed by atoms with van der Waals surface area (Å²) in [6.07, 6.45) is 0. The van der Waals surface area contributed by atoms with Crippen LogP contribution in [0.25, 0.3) is 0 Å². The van der Waals surface area contributed by atoms with Crippen LogP contribution < -0.4 is 10.6 Å². The summed E-state index contributed by atoms with van der Waals surface area (Å²) in [4.78, 5) is 21.4. The van der Waals surface area contributed by atoms with Gasteiger partial charge in [-0.25, -0.2) is 0 Å². The molecule has 0 spiro atoms. The van der Waals surface area contributed by atoms with E-state index in [1.807, 2.05) is 13.8 Å². The Bertz CT molecular complexity index is 192. The van der Waals surface area contributed by atoms with E-state index in [1.165, 1.54) is 6.92 Å². The molecule has 0 aromatic rings. The van der Waals surface area contributed by atoms with Crippen LogP contribution in [0, 0.1) is 0 Å². The molecule has 0 aliphatic rings. The highest BCUT2D eigenvalue weighted by Crippen LogP contribution is 1.81. The van der Waals surface area contributed by atoms with E-state index in [4.69, 9.17) is 5.11 Å². The van der Waals surface area contributed by atoms with Gasteiger partial charge in [0.1, 0.15) is 6.04 Å². The van der Waals surface area contributed by atoms with Gasteiger partial charge in [0.2, 0.25) is 5.91 Å². The van der Waals surface area contributed by atoms with Gasteiger partial charge in [-0.3, -0.25) is 9.59 Å². The number of carboxylic acid groups (broad SMARTS) is 1. The summed E-state index contributed by atoms with van der Waals surface area (Å²) >= 11 is 0. The SMILES string of the molecule is CC(C)NCC(=O)N[C@@H](C)C(=O)O. The first-order valence-electron chi connectivity index (χ1n) is 4.19. The summed E-state index contributed by atoms with van der Waals surface area (Å²) in [7, 11) is 0. The van der Waals surface area contributed by atoms with Gasteiger partial charge in [-0.15, -0.1) is 0 Å². The molecule has 3 N–H and O–H groups in total. The fourth-order valence-electron chi connectivity index (χ4n) is 0.651. The average Bonchev–Trinajstić information content (AvgIpc) is 2.00. The summed E-state index contributed by atoms with van der Waals surface area (Å²) in [5, 5.41) is 13.7. The molecule has 1 amide bonds. The number of aliphatic carboxylic acids is 1. The van der Waals surface area contributed by atoms with E-state index in [0.29, 0.717) is 0 Å². The highest BCUT2D eigenvalue weighted by atomic mass is 16.4. The Morgan fingerprint density at radius 1 is 1.31 bits per heavy atom. The minimum Gasteiger partial charge on any atom is -0.480 e. The quantitative estimate of drug-likeness (QED) is 0.547. The van der Waals surface area contributed by atoms with E-state index in [9.17, 15) is 9.59 Å². The lowest BCUT2D eigenvalue weighted by atomic mass is 10.3. The van der Waals surface area contributed by atoms with Crippen molar-refractivity contribution in [3.05, 3.63) is 0 Å². The van der Waals surface area contributed by atoms with Gasteiger partial charge in [0.05, 0.1) is 6.54 Å². The molecule has 0 aromatic carbocycles. The van der Waals surface area contributed by atoms with E-state index in [1.54, 1.807) is 0 Å². The Balaban J connectivity index is 3.68. The lowest BCUT2D eigenvalue weighted by Crippen LogP contribution is -2.44. The zero-order chi connectivity index (χ0) is 10.4. The van der Waals surface area contributed by atoms with E-state index in [2.05, 4.69) is 10.6 Å². The number of carbonyl (C=O) groups is 2. The van der Waals surface area contributed by atoms with Crippen LogP contribution in [0.4, 0.5) is 0 Å². The maximum atomic E-state index is 11.0. The number of nitrogens with one attached hydrogen (secondary N) is 2. The predicted molar refractivity (Wildman–Crippen MR) is 48.4 cm³/mol. The van der Waals surface area contributed by atoms with Crippen LogP contribution in [-0.2, 0) is 9.59 Å². The molecule has 0 rings (SSSR count). The molecule has 0 aromatic heterocycles. The van der Waals surface area contributed by atoms with Crippen LogP contribution in [0.3, 0.4) is 0 Å². The normalized spacial score (nSPS) is 12.6. The van der Waals surface area contributed by atoms with Crippen LogP contribution in [0.15, 0.2) is 0 Å². The Morgan fingerprint density at radius 2 is 1.85 bits per heavy atom. The van der Waals surface area contributed by atoms with E-state index in [-0.39, 0.29) is 18.5 Å². The van der Waals surface area contributed by atoms with Crippen molar-refractivity contribution in [3.63, 3.8) is 0 Å². The molecule has 0 bridgehead atoms. The van der Waals surface area contributed by atoms with Crippen molar-refractivity contribution in [1.82, 2.24) is 10.6 Å².